The van der Waals surface area contributed by atoms with Gasteiger partial charge in [-0.25, -0.2) is 15.0 Å². The van der Waals surface area contributed by atoms with E-state index in [-0.39, 0.29) is 0 Å². The predicted octanol–water partition coefficient (Wildman–Crippen LogP) is 14.4. The van der Waals surface area contributed by atoms with E-state index in [1.165, 1.54) is 25.7 Å². The lowest BCUT2D eigenvalue weighted by Gasteiger charge is -2.10. The van der Waals surface area contributed by atoms with Crippen molar-refractivity contribution >= 4 is 75.4 Å². The van der Waals surface area contributed by atoms with Crippen molar-refractivity contribution in [3.63, 3.8) is 0 Å². The fourth-order valence-corrected chi connectivity index (χ4v) is 9.45. The molecule has 12 aromatic rings. The number of thiophene rings is 1. The second kappa shape index (κ2) is 12.6. The molecule has 0 N–H and O–H groups in total. The van der Waals surface area contributed by atoms with E-state index in [2.05, 4.69) is 103 Å². The lowest BCUT2D eigenvalue weighted by Crippen LogP contribution is -2.00. The van der Waals surface area contributed by atoms with Crippen molar-refractivity contribution < 1.29 is 8.83 Å². The highest BCUT2D eigenvalue weighted by atomic mass is 32.1. The second-order valence-corrected chi connectivity index (χ2v) is 15.4. The van der Waals surface area contributed by atoms with Crippen molar-refractivity contribution in [3.8, 4) is 56.4 Å². The number of rotatable bonds is 5. The molecule has 0 bridgehead atoms. The van der Waals surface area contributed by atoms with E-state index < -0.39 is 0 Å². The molecule has 12 rings (SSSR count). The van der Waals surface area contributed by atoms with Crippen LogP contribution in [0.15, 0.2) is 185 Å². The smallest absolute Gasteiger partial charge is 0.164 e. The van der Waals surface area contributed by atoms with E-state index in [9.17, 15) is 0 Å². The molecule has 0 aliphatic carbocycles. The van der Waals surface area contributed by atoms with Crippen molar-refractivity contribution in [2.24, 2.45) is 0 Å². The zero-order valence-electron chi connectivity index (χ0n) is 30.3. The Morgan fingerprint density at radius 2 is 0.912 bits per heavy atom. The van der Waals surface area contributed by atoms with E-state index in [1.807, 2.05) is 84.1 Å². The highest BCUT2D eigenvalue weighted by Gasteiger charge is 2.20. The number of hydrogen-bond acceptors (Lipinski definition) is 6. The molecule has 4 heterocycles. The zero-order chi connectivity index (χ0) is 37.5. The lowest BCUT2D eigenvalue weighted by molar-refractivity contribution is 0.668. The Bertz CT molecular complexity index is 3470. The SMILES string of the molecule is c1ccc(-c2nc(-c3ccccc3)nc(-c3ccc4c(c3)oc3cccc(-c5cc(-c6ccc7c(c6)oc6ccccc67)c6sc7ccccc7c6c5)c34)n2)cc1. The number of fused-ring (bicyclic) bond motifs is 9. The number of nitrogens with zero attached hydrogens (tertiary/aromatic N) is 3. The summed E-state index contributed by atoms with van der Waals surface area (Å²) in [6.45, 7) is 0. The van der Waals surface area contributed by atoms with Crippen LogP contribution in [0, 0.1) is 0 Å². The molecule has 6 heteroatoms. The van der Waals surface area contributed by atoms with Crippen LogP contribution in [0.2, 0.25) is 0 Å². The van der Waals surface area contributed by atoms with Gasteiger partial charge in [0.05, 0.1) is 0 Å². The second-order valence-electron chi connectivity index (χ2n) is 14.3. The number of para-hydroxylation sites is 1. The standard InChI is InChI=1S/C51H29N3O2S/c1-3-12-30(13-4-1)49-52-50(31-14-5-2-6-15-31)54-51(53-49)33-23-25-39-45(29-33)56-43-20-11-18-35(47(39)43)34-26-40(48-41(27-34)38-17-8-10-21-46(38)57-48)32-22-24-37-36-16-7-9-19-42(36)55-44(37)28-32/h1-29H. The Hall–Kier alpha value is -7.41. The topological polar surface area (TPSA) is 65.0 Å². The van der Waals surface area contributed by atoms with Crippen LogP contribution >= 0.6 is 11.3 Å². The molecule has 0 unspecified atom stereocenters. The summed E-state index contributed by atoms with van der Waals surface area (Å²) in [6.07, 6.45) is 0. The van der Waals surface area contributed by atoms with Gasteiger partial charge in [0.15, 0.2) is 17.5 Å². The first-order chi connectivity index (χ1) is 28.2. The van der Waals surface area contributed by atoms with E-state index >= 15 is 0 Å². The van der Waals surface area contributed by atoms with Crippen molar-refractivity contribution in [1.29, 1.82) is 0 Å². The van der Waals surface area contributed by atoms with Crippen LogP contribution in [0.25, 0.3) is 120 Å². The van der Waals surface area contributed by atoms with Gasteiger partial charge in [-0.2, -0.15) is 0 Å². The third-order valence-corrected chi connectivity index (χ3v) is 12.2. The van der Waals surface area contributed by atoms with Gasteiger partial charge in [-0.05, 0) is 71.3 Å². The summed E-state index contributed by atoms with van der Waals surface area (Å²) in [4.78, 5) is 14.8. The summed E-state index contributed by atoms with van der Waals surface area (Å²) in [5, 5.41) is 6.84. The average molecular weight is 748 g/mol. The zero-order valence-corrected chi connectivity index (χ0v) is 31.1. The van der Waals surface area contributed by atoms with Crippen LogP contribution < -0.4 is 0 Å². The van der Waals surface area contributed by atoms with Gasteiger partial charge in [0, 0.05) is 64.0 Å². The maximum atomic E-state index is 6.66. The molecule has 4 aromatic heterocycles. The number of benzene rings is 8. The quantitative estimate of drug-likeness (QED) is 0.175. The molecular formula is C51H29N3O2S. The minimum atomic E-state index is 0.589. The molecule has 266 valence electrons. The summed E-state index contributed by atoms with van der Waals surface area (Å²) in [7, 11) is 0. The molecule has 0 spiro atoms. The third-order valence-electron chi connectivity index (χ3n) is 10.9. The summed E-state index contributed by atoms with van der Waals surface area (Å²) >= 11 is 1.84. The minimum absolute atomic E-state index is 0.589. The highest BCUT2D eigenvalue weighted by molar-refractivity contribution is 7.26. The molecule has 0 radical (unpaired) electrons. The van der Waals surface area contributed by atoms with E-state index in [0.29, 0.717) is 17.5 Å². The van der Waals surface area contributed by atoms with Crippen LogP contribution in [0.4, 0.5) is 0 Å². The monoisotopic (exact) mass is 747 g/mol. The molecule has 5 nitrogen and oxygen atoms in total. The summed E-state index contributed by atoms with van der Waals surface area (Å²) in [6, 6.07) is 61.0. The first-order valence-corrected chi connectivity index (χ1v) is 19.7. The normalized spacial score (nSPS) is 11.9. The van der Waals surface area contributed by atoms with Crippen molar-refractivity contribution in [2.75, 3.05) is 0 Å². The summed E-state index contributed by atoms with van der Waals surface area (Å²) in [5.74, 6) is 1.84. The minimum Gasteiger partial charge on any atom is -0.456 e. The molecule has 0 fully saturated rings. The predicted molar refractivity (Wildman–Crippen MR) is 234 cm³/mol. The van der Waals surface area contributed by atoms with Crippen molar-refractivity contribution in [3.05, 3.63) is 176 Å². The number of furan rings is 2. The fraction of sp³-hybridized carbons (Fsp3) is 0. The van der Waals surface area contributed by atoms with E-state index in [4.69, 9.17) is 23.8 Å². The summed E-state index contributed by atoms with van der Waals surface area (Å²) < 4.78 is 15.6. The molecular weight excluding hydrogens is 719 g/mol. The van der Waals surface area contributed by atoms with Gasteiger partial charge in [0.25, 0.3) is 0 Å². The Morgan fingerprint density at radius 1 is 0.333 bits per heavy atom. The van der Waals surface area contributed by atoms with E-state index in [1.54, 1.807) is 0 Å². The van der Waals surface area contributed by atoms with Gasteiger partial charge < -0.3 is 8.83 Å². The Kier molecular flexibility index (Phi) is 7.03. The number of aromatic nitrogens is 3. The van der Waals surface area contributed by atoms with Gasteiger partial charge in [0.2, 0.25) is 0 Å². The van der Waals surface area contributed by atoms with Gasteiger partial charge >= 0.3 is 0 Å². The van der Waals surface area contributed by atoms with Crippen molar-refractivity contribution in [1.82, 2.24) is 15.0 Å². The van der Waals surface area contributed by atoms with Gasteiger partial charge in [-0.3, -0.25) is 0 Å². The lowest BCUT2D eigenvalue weighted by atomic mass is 9.93. The van der Waals surface area contributed by atoms with Gasteiger partial charge in [0.1, 0.15) is 22.3 Å². The fourth-order valence-electron chi connectivity index (χ4n) is 8.23. The maximum Gasteiger partial charge on any atom is 0.164 e. The Balaban J connectivity index is 1.04. The van der Waals surface area contributed by atoms with Gasteiger partial charge in [-0.15, -0.1) is 11.3 Å². The van der Waals surface area contributed by atoms with Crippen LogP contribution in [0.5, 0.6) is 0 Å². The third kappa shape index (κ3) is 5.19. The molecule has 0 aliphatic rings. The first kappa shape index (κ1) is 31.9. The Morgan fingerprint density at radius 3 is 1.70 bits per heavy atom. The van der Waals surface area contributed by atoms with Crippen molar-refractivity contribution in [2.45, 2.75) is 0 Å². The average Bonchev–Trinajstić information content (AvgIpc) is 3.97. The molecule has 0 saturated heterocycles. The number of hydrogen-bond donors (Lipinski definition) is 0. The highest BCUT2D eigenvalue weighted by Crippen LogP contribution is 2.46. The van der Waals surface area contributed by atoms with Crippen LogP contribution in [-0.2, 0) is 0 Å². The largest absolute Gasteiger partial charge is 0.456 e. The van der Waals surface area contributed by atoms with Gasteiger partial charge in [-0.1, -0.05) is 121 Å². The summed E-state index contributed by atoms with van der Waals surface area (Å²) in [5.41, 5.74) is 10.6. The molecule has 8 aromatic carbocycles. The molecule has 57 heavy (non-hydrogen) atoms. The van der Waals surface area contributed by atoms with Crippen LogP contribution in [-0.4, -0.2) is 15.0 Å². The molecule has 0 aliphatic heterocycles. The first-order valence-electron chi connectivity index (χ1n) is 18.9. The Labute approximate surface area is 330 Å². The molecule has 0 saturated carbocycles. The maximum absolute atomic E-state index is 6.66. The molecule has 0 amide bonds. The van der Waals surface area contributed by atoms with Crippen LogP contribution in [0.1, 0.15) is 0 Å². The van der Waals surface area contributed by atoms with E-state index in [0.717, 1.165) is 77.3 Å². The molecule has 0 atom stereocenters. The van der Waals surface area contributed by atoms with Crippen LogP contribution in [0.3, 0.4) is 0 Å².